The molecule has 1 aromatic carbocycles. The first-order chi connectivity index (χ1) is 12.1. The number of halogens is 2. The van der Waals surface area contributed by atoms with Gasteiger partial charge >= 0.3 is 0 Å². The zero-order valence-corrected chi connectivity index (χ0v) is 19.2. The molecule has 0 aliphatic rings. The average molecular weight is 484 g/mol. The zero-order chi connectivity index (χ0) is 19.1. The molecule has 0 atom stereocenters. The summed E-state index contributed by atoms with van der Waals surface area (Å²) in [6.45, 7) is 0. The number of anilines is 1. The lowest BCUT2D eigenvalue weighted by Crippen LogP contribution is -2.04. The first-order valence-corrected chi connectivity index (χ1v) is 11.7. The zero-order valence-electron chi connectivity index (χ0n) is 15.1. The van der Waals surface area contributed by atoms with Gasteiger partial charge in [-0.2, -0.15) is 5.10 Å². The highest BCUT2D eigenvalue weighted by molar-refractivity contribution is 7.93. The first kappa shape index (κ1) is 24.4. The predicted molar refractivity (Wildman–Crippen MR) is 116 cm³/mol. The number of nitrogens with one attached hydrogen (secondary N) is 1. The molecule has 0 saturated carbocycles. The Labute approximate surface area is 180 Å². The van der Waals surface area contributed by atoms with Gasteiger partial charge < -0.3 is 5.32 Å². The number of hydrogen-bond acceptors (Lipinski definition) is 7. The van der Waals surface area contributed by atoms with Crippen molar-refractivity contribution in [2.24, 2.45) is 7.05 Å². The quantitative estimate of drug-likeness (QED) is 0.597. The van der Waals surface area contributed by atoms with E-state index in [0.29, 0.717) is 11.1 Å². The number of sulfone groups is 2. The summed E-state index contributed by atoms with van der Waals surface area (Å²) in [6.07, 6.45) is 4.24. The molecule has 0 bridgehead atoms. The van der Waals surface area contributed by atoms with Crippen molar-refractivity contribution < 1.29 is 16.8 Å². The summed E-state index contributed by atoms with van der Waals surface area (Å²) in [5, 5.41) is 7.68. The summed E-state index contributed by atoms with van der Waals surface area (Å²) in [4.78, 5) is 0.0970. The van der Waals surface area contributed by atoms with Gasteiger partial charge in [0.15, 0.2) is 9.84 Å². The molecule has 2 aromatic heterocycles. The van der Waals surface area contributed by atoms with Gasteiger partial charge in [0.25, 0.3) is 0 Å². The second-order valence-corrected chi connectivity index (χ2v) is 10.9. The molecule has 0 aliphatic carbocycles. The van der Waals surface area contributed by atoms with Crippen LogP contribution in [0.3, 0.4) is 0 Å². The fourth-order valence-electron chi connectivity index (χ4n) is 2.50. The Morgan fingerprint density at radius 2 is 1.75 bits per heavy atom. The molecular weight excluding hydrogens is 465 g/mol. The van der Waals surface area contributed by atoms with Gasteiger partial charge in [-0.3, -0.25) is 4.68 Å². The number of nitrogens with zero attached hydrogens (tertiary/aromatic N) is 2. The van der Waals surface area contributed by atoms with E-state index >= 15 is 0 Å². The highest BCUT2D eigenvalue weighted by atomic mass is 35.5. The largest absolute Gasteiger partial charge is 0.380 e. The van der Waals surface area contributed by atoms with Gasteiger partial charge in [-0.15, -0.1) is 36.2 Å². The molecule has 0 saturated heterocycles. The Kier molecular flexibility index (Phi) is 7.71. The van der Waals surface area contributed by atoms with E-state index in [1.54, 1.807) is 26.4 Å². The maximum Gasteiger partial charge on any atom is 0.216 e. The molecule has 0 aliphatic heterocycles. The van der Waals surface area contributed by atoms with Crippen LogP contribution in [0.2, 0.25) is 0 Å². The summed E-state index contributed by atoms with van der Waals surface area (Å²) in [7, 11) is -3.88. The fourth-order valence-corrected chi connectivity index (χ4v) is 5.98. The number of benzene rings is 1. The van der Waals surface area contributed by atoms with Crippen molar-refractivity contribution in [3.63, 3.8) is 0 Å². The van der Waals surface area contributed by atoms with E-state index in [4.69, 9.17) is 0 Å². The molecule has 0 amide bonds. The third-order valence-electron chi connectivity index (χ3n) is 3.77. The van der Waals surface area contributed by atoms with Crippen LogP contribution >= 0.6 is 36.2 Å². The van der Waals surface area contributed by atoms with Crippen LogP contribution in [-0.2, 0) is 26.7 Å². The fraction of sp³-hybridized carbons (Fsp3) is 0.188. The molecule has 3 rings (SSSR count). The van der Waals surface area contributed by atoms with E-state index in [9.17, 15) is 16.8 Å². The van der Waals surface area contributed by atoms with Crippen LogP contribution in [0.1, 0.15) is 0 Å². The molecule has 3 aromatic rings. The van der Waals surface area contributed by atoms with Gasteiger partial charge in [0, 0.05) is 37.7 Å². The maximum absolute atomic E-state index is 12.9. The molecule has 12 heteroatoms. The minimum atomic E-state index is -3.76. The van der Waals surface area contributed by atoms with Crippen LogP contribution in [0.25, 0.3) is 11.1 Å². The van der Waals surface area contributed by atoms with Crippen LogP contribution in [0, 0.1) is 0 Å². The van der Waals surface area contributed by atoms with E-state index < -0.39 is 19.7 Å². The lowest BCUT2D eigenvalue weighted by molar-refractivity contribution is 0.596. The van der Waals surface area contributed by atoms with E-state index in [1.165, 1.54) is 35.1 Å². The molecule has 28 heavy (non-hydrogen) atoms. The first-order valence-electron chi connectivity index (χ1n) is 7.49. The molecule has 0 fully saturated rings. The summed E-state index contributed by atoms with van der Waals surface area (Å²) >= 11 is 1.12. The second kappa shape index (κ2) is 8.83. The third kappa shape index (κ3) is 4.69. The third-order valence-corrected chi connectivity index (χ3v) is 8.27. The summed E-state index contributed by atoms with van der Waals surface area (Å²) in [5.41, 5.74) is 0.846. The van der Waals surface area contributed by atoms with Crippen LogP contribution in [-0.4, -0.2) is 39.9 Å². The Morgan fingerprint density at radius 1 is 1.07 bits per heavy atom. The minimum absolute atomic E-state index is 0. The van der Waals surface area contributed by atoms with Crippen molar-refractivity contribution in [3.05, 3.63) is 42.7 Å². The molecule has 0 radical (unpaired) electrons. The molecule has 2 heterocycles. The van der Waals surface area contributed by atoms with E-state index in [2.05, 4.69) is 10.4 Å². The van der Waals surface area contributed by atoms with E-state index in [-0.39, 0.29) is 38.8 Å². The van der Waals surface area contributed by atoms with Crippen molar-refractivity contribution in [1.29, 1.82) is 0 Å². The van der Waals surface area contributed by atoms with Crippen LogP contribution in [0.4, 0.5) is 5.00 Å². The highest BCUT2D eigenvalue weighted by Gasteiger charge is 2.24. The van der Waals surface area contributed by atoms with Crippen molar-refractivity contribution in [2.45, 2.75) is 14.0 Å². The van der Waals surface area contributed by atoms with Crippen LogP contribution in [0.5, 0.6) is 0 Å². The van der Waals surface area contributed by atoms with Crippen molar-refractivity contribution >= 4 is 60.8 Å². The van der Waals surface area contributed by atoms with Crippen molar-refractivity contribution in [2.75, 3.05) is 18.6 Å². The molecule has 1 N–H and O–H groups in total. The van der Waals surface area contributed by atoms with Gasteiger partial charge in [-0.25, -0.2) is 16.8 Å². The number of aromatic nitrogens is 2. The molecule has 154 valence electrons. The summed E-state index contributed by atoms with van der Waals surface area (Å²) in [5.74, 6) is 0. The minimum Gasteiger partial charge on any atom is -0.380 e. The average Bonchev–Trinajstić information content (AvgIpc) is 3.22. The molecule has 0 spiro atoms. The van der Waals surface area contributed by atoms with Crippen LogP contribution < -0.4 is 5.32 Å². The van der Waals surface area contributed by atoms with Crippen molar-refractivity contribution in [1.82, 2.24) is 9.78 Å². The number of thiophene rings is 1. The van der Waals surface area contributed by atoms with E-state index in [0.717, 1.165) is 22.6 Å². The van der Waals surface area contributed by atoms with Gasteiger partial charge in [-0.05, 0) is 30.3 Å². The Hall–Kier alpha value is -1.59. The second-order valence-electron chi connectivity index (χ2n) is 5.70. The van der Waals surface area contributed by atoms with E-state index in [1.807, 2.05) is 0 Å². The number of aryl methyl sites for hydroxylation is 1. The van der Waals surface area contributed by atoms with Gasteiger partial charge in [-0.1, -0.05) is 0 Å². The highest BCUT2D eigenvalue weighted by Crippen LogP contribution is 2.34. The Balaban J connectivity index is 0.00000196. The summed E-state index contributed by atoms with van der Waals surface area (Å²) < 4.78 is 51.8. The van der Waals surface area contributed by atoms with Gasteiger partial charge in [0.2, 0.25) is 9.84 Å². The Bertz CT molecular complexity index is 1190. The van der Waals surface area contributed by atoms with Crippen molar-refractivity contribution in [3.8, 4) is 11.1 Å². The van der Waals surface area contributed by atoms with Gasteiger partial charge in [0.05, 0.1) is 21.0 Å². The smallest absolute Gasteiger partial charge is 0.216 e. The SMILES string of the molecule is CNc1ccc(S(=O)(=O)c2ccc(S(C)(=O)=O)c(-c3cnn(C)c3)c2)s1.Cl.Cl. The van der Waals surface area contributed by atoms with Gasteiger partial charge in [0.1, 0.15) is 4.21 Å². The maximum atomic E-state index is 12.9. The molecular formula is C16H19Cl2N3O4S3. The lowest BCUT2D eigenvalue weighted by Gasteiger charge is -2.09. The molecule has 0 unspecified atom stereocenters. The summed E-state index contributed by atoms with van der Waals surface area (Å²) in [6, 6.07) is 7.26. The normalized spacial score (nSPS) is 11.4. The van der Waals surface area contributed by atoms with Crippen LogP contribution in [0.15, 0.2) is 56.7 Å². The number of rotatable bonds is 5. The Morgan fingerprint density at radius 3 is 2.25 bits per heavy atom. The molecule has 7 nitrogen and oxygen atoms in total. The lowest BCUT2D eigenvalue weighted by atomic mass is 10.1. The monoisotopic (exact) mass is 483 g/mol. The standard InChI is InChI=1S/C16H17N3O4S3.2ClH/c1-17-15-6-7-16(24-15)26(22,23)12-4-5-14(25(3,20)21)13(8-12)11-9-18-19(2)10-11;;/h4-10,17H,1-3H3;2*1H. The topological polar surface area (TPSA) is 98.1 Å². The number of hydrogen-bond donors (Lipinski definition) is 1. The predicted octanol–water partition coefficient (Wildman–Crippen LogP) is 3.27.